The molecule has 7 heteroatoms. The predicted octanol–water partition coefficient (Wildman–Crippen LogP) is 1.61. The van der Waals surface area contributed by atoms with Crippen molar-refractivity contribution in [1.82, 2.24) is 19.9 Å². The molecule has 21 heavy (non-hydrogen) atoms. The first kappa shape index (κ1) is 14.1. The zero-order chi connectivity index (χ0) is 14.9. The summed E-state index contributed by atoms with van der Waals surface area (Å²) in [6.45, 7) is 9.92. The van der Waals surface area contributed by atoms with Crippen molar-refractivity contribution in [3.63, 3.8) is 0 Å². The van der Waals surface area contributed by atoms with Crippen LogP contribution in [0.3, 0.4) is 0 Å². The second-order valence-electron chi connectivity index (χ2n) is 6.38. The van der Waals surface area contributed by atoms with Gasteiger partial charge in [0, 0.05) is 13.1 Å². The van der Waals surface area contributed by atoms with Crippen LogP contribution in [-0.4, -0.2) is 52.8 Å². The lowest BCUT2D eigenvalue weighted by Crippen LogP contribution is -2.37. The van der Waals surface area contributed by atoms with Crippen LogP contribution in [0.1, 0.15) is 20.8 Å². The number of nitrogens with one attached hydrogen (secondary N) is 1. The Bertz CT molecular complexity index is 613. The van der Waals surface area contributed by atoms with Gasteiger partial charge in [0.05, 0.1) is 26.1 Å². The van der Waals surface area contributed by atoms with Crippen LogP contribution in [0, 0.1) is 5.41 Å². The summed E-state index contributed by atoms with van der Waals surface area (Å²) in [7, 11) is 0. The molecule has 3 rings (SSSR count). The quantitative estimate of drug-likeness (QED) is 0.926. The summed E-state index contributed by atoms with van der Waals surface area (Å²) in [4.78, 5) is 18.5. The number of fused-ring (bicyclic) bond motifs is 1. The third kappa shape index (κ3) is 3.24. The number of anilines is 1. The molecule has 3 heterocycles. The van der Waals surface area contributed by atoms with Gasteiger partial charge in [-0.1, -0.05) is 20.8 Å². The topological polar surface area (TPSA) is 76.2 Å². The highest BCUT2D eigenvalue weighted by Gasteiger charge is 2.20. The van der Waals surface area contributed by atoms with Crippen LogP contribution in [0.2, 0.25) is 0 Å². The number of morpholine rings is 1. The number of rotatable bonds is 3. The van der Waals surface area contributed by atoms with Gasteiger partial charge in [-0.25, -0.2) is 4.98 Å². The summed E-state index contributed by atoms with van der Waals surface area (Å²) in [6.07, 6.45) is 1.64. The van der Waals surface area contributed by atoms with Gasteiger partial charge in [0.25, 0.3) is 0 Å². The van der Waals surface area contributed by atoms with E-state index in [2.05, 4.69) is 45.6 Å². The van der Waals surface area contributed by atoms with Crippen molar-refractivity contribution in [2.24, 2.45) is 5.41 Å². The summed E-state index contributed by atoms with van der Waals surface area (Å²) < 4.78 is 11.1. The van der Waals surface area contributed by atoms with Crippen LogP contribution in [0.4, 0.5) is 5.82 Å². The van der Waals surface area contributed by atoms with Crippen LogP contribution in [0.15, 0.2) is 6.33 Å². The highest BCUT2D eigenvalue weighted by molar-refractivity contribution is 5.83. The van der Waals surface area contributed by atoms with Crippen LogP contribution in [-0.2, 0) is 4.74 Å². The van der Waals surface area contributed by atoms with Crippen molar-refractivity contribution in [3.8, 4) is 6.01 Å². The van der Waals surface area contributed by atoms with Gasteiger partial charge in [-0.3, -0.25) is 0 Å². The van der Waals surface area contributed by atoms with E-state index in [4.69, 9.17) is 9.47 Å². The van der Waals surface area contributed by atoms with Gasteiger partial charge in [-0.05, 0) is 5.41 Å². The molecule has 0 unspecified atom stereocenters. The molecule has 2 aromatic heterocycles. The average molecular weight is 291 g/mol. The molecule has 1 N–H and O–H groups in total. The molecule has 0 aromatic carbocycles. The highest BCUT2D eigenvalue weighted by atomic mass is 16.5. The Morgan fingerprint density at radius 3 is 2.76 bits per heavy atom. The van der Waals surface area contributed by atoms with Crippen LogP contribution in [0.25, 0.3) is 11.2 Å². The lowest BCUT2D eigenvalue weighted by Gasteiger charge is -2.28. The van der Waals surface area contributed by atoms with Crippen LogP contribution < -0.4 is 9.64 Å². The van der Waals surface area contributed by atoms with Crippen molar-refractivity contribution in [3.05, 3.63) is 6.33 Å². The molecule has 7 nitrogen and oxygen atoms in total. The second-order valence-corrected chi connectivity index (χ2v) is 6.38. The summed E-state index contributed by atoms with van der Waals surface area (Å²) in [5.74, 6) is 0.813. The normalized spacial score (nSPS) is 16.4. The number of hydrogen-bond donors (Lipinski definition) is 1. The third-order valence-corrected chi connectivity index (χ3v) is 3.18. The lowest BCUT2D eigenvalue weighted by molar-refractivity contribution is 0.122. The minimum absolute atomic E-state index is 0.0609. The summed E-state index contributed by atoms with van der Waals surface area (Å²) in [5, 5.41) is 0. The van der Waals surface area contributed by atoms with E-state index in [1.54, 1.807) is 6.33 Å². The van der Waals surface area contributed by atoms with Crippen molar-refractivity contribution in [2.75, 3.05) is 37.8 Å². The Hall–Kier alpha value is -1.89. The summed E-state index contributed by atoms with van der Waals surface area (Å²) in [6, 6.07) is 0.392. The number of aromatic amines is 1. The standard InChI is InChI=1S/C14H21N5O2/c1-14(2,3)8-21-13-17-11-10(15-9-16-11)12(18-13)19-4-6-20-7-5-19/h9H,4-8H2,1-3H3,(H,15,16,17,18). The number of H-pyrrole nitrogens is 1. The second kappa shape index (κ2) is 5.48. The van der Waals surface area contributed by atoms with Crippen molar-refractivity contribution >= 4 is 17.0 Å². The summed E-state index contributed by atoms with van der Waals surface area (Å²) >= 11 is 0. The van der Waals surface area contributed by atoms with Gasteiger partial charge in [-0.15, -0.1) is 0 Å². The zero-order valence-corrected chi connectivity index (χ0v) is 12.7. The van der Waals surface area contributed by atoms with Gasteiger partial charge >= 0.3 is 6.01 Å². The molecule has 0 bridgehead atoms. The number of aromatic nitrogens is 4. The maximum atomic E-state index is 5.75. The zero-order valence-electron chi connectivity index (χ0n) is 12.7. The van der Waals surface area contributed by atoms with Crippen molar-refractivity contribution < 1.29 is 9.47 Å². The molecule has 0 radical (unpaired) electrons. The fraction of sp³-hybridized carbons (Fsp3) is 0.643. The summed E-state index contributed by atoms with van der Waals surface area (Å²) in [5.41, 5.74) is 1.54. The van der Waals surface area contributed by atoms with Gasteiger partial charge in [0.1, 0.15) is 0 Å². The van der Waals surface area contributed by atoms with Gasteiger partial charge in [-0.2, -0.15) is 9.97 Å². The largest absolute Gasteiger partial charge is 0.463 e. The Labute approximate surface area is 123 Å². The van der Waals surface area contributed by atoms with E-state index in [0.29, 0.717) is 31.5 Å². The Balaban J connectivity index is 1.91. The van der Waals surface area contributed by atoms with Gasteiger partial charge in [0.2, 0.25) is 0 Å². The molecule has 1 aliphatic rings. The number of ether oxygens (including phenoxy) is 2. The van der Waals surface area contributed by atoms with E-state index < -0.39 is 0 Å². The molecule has 0 amide bonds. The Morgan fingerprint density at radius 2 is 2.05 bits per heavy atom. The van der Waals surface area contributed by atoms with Gasteiger partial charge < -0.3 is 19.4 Å². The maximum absolute atomic E-state index is 5.75. The van der Waals surface area contributed by atoms with Gasteiger partial charge in [0.15, 0.2) is 17.0 Å². The van der Waals surface area contributed by atoms with Crippen molar-refractivity contribution in [2.45, 2.75) is 20.8 Å². The van der Waals surface area contributed by atoms with Crippen LogP contribution in [0.5, 0.6) is 6.01 Å². The molecule has 0 atom stereocenters. The van der Waals surface area contributed by atoms with E-state index in [1.165, 1.54) is 0 Å². The van der Waals surface area contributed by atoms with Crippen molar-refractivity contribution in [1.29, 1.82) is 0 Å². The molecular formula is C14H21N5O2. The Morgan fingerprint density at radius 1 is 1.29 bits per heavy atom. The fourth-order valence-corrected chi connectivity index (χ4v) is 2.14. The minimum Gasteiger partial charge on any atom is -0.463 e. The predicted molar refractivity (Wildman–Crippen MR) is 79.7 cm³/mol. The van der Waals surface area contributed by atoms with E-state index in [0.717, 1.165) is 24.4 Å². The first-order valence-corrected chi connectivity index (χ1v) is 7.19. The fourth-order valence-electron chi connectivity index (χ4n) is 2.14. The molecule has 1 fully saturated rings. The lowest BCUT2D eigenvalue weighted by atomic mass is 9.99. The number of nitrogens with zero attached hydrogens (tertiary/aromatic N) is 4. The molecule has 0 saturated carbocycles. The molecule has 2 aromatic rings. The number of imidazole rings is 1. The van der Waals surface area contributed by atoms with E-state index in [9.17, 15) is 0 Å². The molecule has 1 aliphatic heterocycles. The SMILES string of the molecule is CC(C)(C)COc1nc(N2CCOCC2)c2nc[nH]c2n1. The van der Waals surface area contributed by atoms with E-state index in [-0.39, 0.29) is 5.41 Å². The van der Waals surface area contributed by atoms with Crippen LogP contribution >= 0.6 is 0 Å². The molecule has 1 saturated heterocycles. The highest BCUT2D eigenvalue weighted by Crippen LogP contribution is 2.25. The number of hydrogen-bond acceptors (Lipinski definition) is 6. The molecule has 114 valence electrons. The monoisotopic (exact) mass is 291 g/mol. The first-order chi connectivity index (χ1) is 10.0. The molecular weight excluding hydrogens is 270 g/mol. The maximum Gasteiger partial charge on any atom is 0.320 e. The van der Waals surface area contributed by atoms with E-state index in [1.807, 2.05) is 0 Å². The Kier molecular flexibility index (Phi) is 3.67. The minimum atomic E-state index is 0.0609. The third-order valence-electron chi connectivity index (χ3n) is 3.18. The first-order valence-electron chi connectivity index (χ1n) is 7.19. The smallest absolute Gasteiger partial charge is 0.320 e. The van der Waals surface area contributed by atoms with E-state index >= 15 is 0 Å². The molecule has 0 aliphatic carbocycles. The average Bonchev–Trinajstić information content (AvgIpc) is 2.92. The molecule has 0 spiro atoms.